The van der Waals surface area contributed by atoms with Crippen LogP contribution in [-0.2, 0) is 13.7 Å². The van der Waals surface area contributed by atoms with Crippen LogP contribution in [0, 0.1) is 0 Å². The first kappa shape index (κ1) is 47.0. The fourth-order valence-corrected chi connectivity index (χ4v) is 10.4. The van der Waals surface area contributed by atoms with Crippen LogP contribution >= 0.6 is 30.8 Å². The number of aliphatic hydroxyl groups excluding tert-OH is 1. The van der Waals surface area contributed by atoms with Crippen molar-refractivity contribution in [3.05, 3.63) is 23.8 Å². The van der Waals surface area contributed by atoms with Gasteiger partial charge in [-0.1, -0.05) is 19.1 Å². The molecule has 0 aliphatic heterocycles. The summed E-state index contributed by atoms with van der Waals surface area (Å²) in [4.78, 5) is 0. The first-order valence-electron chi connectivity index (χ1n) is 15.5. The molecule has 11 heteroatoms. The number of hydrogen-bond donors (Lipinski definition) is 1. The summed E-state index contributed by atoms with van der Waals surface area (Å²) in [5.41, 5.74) is 0. The molecule has 0 saturated heterocycles. The summed E-state index contributed by atoms with van der Waals surface area (Å²) < 4.78 is 35.9. The van der Waals surface area contributed by atoms with Crippen LogP contribution in [0.2, 0.25) is 0 Å². The van der Waals surface area contributed by atoms with E-state index < -0.39 is 22.6 Å². The predicted molar refractivity (Wildman–Crippen MR) is 197 cm³/mol. The SMILES string of the molecule is CC(C)N(C(C)C)P(C)OCC/C=C/P(C)(C)=O.CCN(C(C)C)P(C)N(C(C)C)C(C)C.CP(C)(=O)/C=C/CCO. The molecule has 1 N–H and O–H groups in total. The summed E-state index contributed by atoms with van der Waals surface area (Å²) >= 11 is 0. The van der Waals surface area contributed by atoms with Crippen LogP contribution < -0.4 is 0 Å². The Hall–Kier alpha value is 0.600. The van der Waals surface area contributed by atoms with Gasteiger partial charge in [0.15, 0.2) is 0 Å². The molecule has 2 atom stereocenters. The quantitative estimate of drug-likeness (QED) is 0.122. The fourth-order valence-electron chi connectivity index (χ4n) is 4.60. The molecule has 7 nitrogen and oxygen atoms in total. The Kier molecular flexibility index (Phi) is 27.7. The van der Waals surface area contributed by atoms with Gasteiger partial charge in [0.2, 0.25) is 0 Å². The summed E-state index contributed by atoms with van der Waals surface area (Å²) in [5, 5.41) is 8.32. The van der Waals surface area contributed by atoms with Gasteiger partial charge in [0.05, 0.1) is 6.61 Å². The minimum atomic E-state index is -2.02. The summed E-state index contributed by atoms with van der Waals surface area (Å²) in [6, 6.07) is 2.92. The Bertz CT molecular complexity index is 792. The Morgan fingerprint density at radius 1 is 0.690 bits per heavy atom. The highest BCUT2D eigenvalue weighted by Gasteiger charge is 2.26. The molecule has 0 rings (SSSR count). The Balaban J connectivity index is -0.000000573. The molecule has 0 heterocycles. The lowest BCUT2D eigenvalue weighted by Crippen LogP contribution is -2.39. The van der Waals surface area contributed by atoms with Crippen molar-refractivity contribution in [1.82, 2.24) is 14.0 Å². The smallest absolute Gasteiger partial charge is 0.102 e. The number of hydrogen-bond acceptors (Lipinski definition) is 7. The normalized spacial score (nSPS) is 14.6. The molecule has 0 fully saturated rings. The molecule has 254 valence electrons. The van der Waals surface area contributed by atoms with Crippen molar-refractivity contribution in [1.29, 1.82) is 0 Å². The van der Waals surface area contributed by atoms with Gasteiger partial charge in [0.1, 0.15) is 22.6 Å². The van der Waals surface area contributed by atoms with E-state index in [0.29, 0.717) is 43.2 Å². The Labute approximate surface area is 265 Å². The number of nitrogens with zero attached hydrogens (tertiary/aromatic N) is 3. The molecule has 0 aromatic heterocycles. The standard InChI is InChI=1S/C13H29NO2P2.C12H29N2P.C6H13O2P/c1-12(2)14(13(3)4)17(5)16-10-8-9-11-18(6,7)15;1-9-13(10(2)3)15(8)14(11(4)5)12(6)7;1-9(2,8)6-4-3-5-7/h9,11-13H,8,10H2,1-7H3;10-12H,9H2,1-8H3;4,6-7H,3,5H2,1-2H3/b11-9+;;6-4+. The Morgan fingerprint density at radius 2 is 1.07 bits per heavy atom. The lowest BCUT2D eigenvalue weighted by Gasteiger charge is -2.43. The van der Waals surface area contributed by atoms with E-state index in [-0.39, 0.29) is 14.8 Å². The zero-order chi connectivity index (χ0) is 33.8. The van der Waals surface area contributed by atoms with Gasteiger partial charge in [-0.05, 0) is 134 Å². The van der Waals surface area contributed by atoms with E-state index >= 15 is 0 Å². The van der Waals surface area contributed by atoms with Gasteiger partial charge in [-0.25, -0.2) is 0 Å². The molecule has 0 aliphatic carbocycles. The van der Waals surface area contributed by atoms with Crippen molar-refractivity contribution >= 4 is 30.8 Å². The topological polar surface area (TPSA) is 73.3 Å². The van der Waals surface area contributed by atoms with E-state index in [2.05, 4.69) is 104 Å². The maximum atomic E-state index is 11.5. The summed E-state index contributed by atoms with van der Waals surface area (Å²) in [6.07, 6.45) is 5.16. The molecule has 0 aromatic carbocycles. The van der Waals surface area contributed by atoms with Crippen LogP contribution in [-0.4, -0.2) is 109 Å². The molecular formula is C31H71N3O4P4. The highest BCUT2D eigenvalue weighted by atomic mass is 31.2. The molecular weight excluding hydrogens is 602 g/mol. The van der Waals surface area contributed by atoms with Crippen LogP contribution in [0.3, 0.4) is 0 Å². The summed E-state index contributed by atoms with van der Waals surface area (Å²) in [7, 11) is -4.70. The third kappa shape index (κ3) is 25.9. The lowest BCUT2D eigenvalue weighted by atomic mass is 10.3. The third-order valence-electron chi connectivity index (χ3n) is 5.85. The van der Waals surface area contributed by atoms with Crippen LogP contribution in [0.15, 0.2) is 23.8 Å². The Morgan fingerprint density at radius 3 is 1.36 bits per heavy atom. The van der Waals surface area contributed by atoms with Crippen LogP contribution in [0.4, 0.5) is 0 Å². The zero-order valence-electron chi connectivity index (χ0n) is 30.5. The van der Waals surface area contributed by atoms with Gasteiger partial charge in [0.25, 0.3) is 0 Å². The highest BCUT2D eigenvalue weighted by molar-refractivity contribution is 7.65. The second-order valence-electron chi connectivity index (χ2n) is 12.7. The van der Waals surface area contributed by atoms with Gasteiger partial charge in [-0.15, -0.1) is 0 Å². The van der Waals surface area contributed by atoms with E-state index in [1.54, 1.807) is 38.6 Å². The summed E-state index contributed by atoms with van der Waals surface area (Å²) in [5.74, 6) is 3.49. The maximum Gasteiger partial charge on any atom is 0.102 e. The minimum absolute atomic E-state index is 0.135. The van der Waals surface area contributed by atoms with E-state index in [1.807, 2.05) is 11.9 Å². The molecule has 0 spiro atoms. The van der Waals surface area contributed by atoms with Gasteiger partial charge >= 0.3 is 0 Å². The first-order chi connectivity index (χ1) is 19.0. The zero-order valence-corrected chi connectivity index (χ0v) is 34.1. The van der Waals surface area contributed by atoms with Gasteiger partial charge in [-0.3, -0.25) is 14.0 Å². The van der Waals surface area contributed by atoms with E-state index in [9.17, 15) is 9.13 Å². The van der Waals surface area contributed by atoms with Crippen molar-refractivity contribution in [2.45, 2.75) is 119 Å². The molecule has 0 aliphatic rings. The van der Waals surface area contributed by atoms with Crippen LogP contribution in [0.1, 0.15) is 89.0 Å². The van der Waals surface area contributed by atoms with Gasteiger partial charge < -0.3 is 18.8 Å². The lowest BCUT2D eigenvalue weighted by molar-refractivity contribution is 0.259. The summed E-state index contributed by atoms with van der Waals surface area (Å²) in [6.45, 7) is 38.3. The van der Waals surface area contributed by atoms with E-state index in [4.69, 9.17) is 9.63 Å². The van der Waals surface area contributed by atoms with Crippen molar-refractivity contribution < 1.29 is 18.8 Å². The highest BCUT2D eigenvalue weighted by Crippen LogP contribution is 2.45. The van der Waals surface area contributed by atoms with E-state index in [0.717, 1.165) is 13.0 Å². The van der Waals surface area contributed by atoms with Crippen LogP contribution in [0.25, 0.3) is 0 Å². The average Bonchev–Trinajstić information content (AvgIpc) is 2.77. The van der Waals surface area contributed by atoms with Crippen molar-refractivity contribution in [2.24, 2.45) is 0 Å². The molecule has 0 aromatic rings. The monoisotopic (exact) mass is 673 g/mol. The molecule has 0 saturated carbocycles. The second-order valence-corrected chi connectivity index (χ2v) is 22.6. The molecule has 2 unspecified atom stereocenters. The third-order valence-corrected chi connectivity index (χ3v) is 12.9. The molecule has 0 radical (unpaired) electrons. The van der Waals surface area contributed by atoms with Gasteiger partial charge in [-0.2, -0.15) is 0 Å². The number of aliphatic hydroxyl groups is 1. The number of rotatable bonds is 17. The van der Waals surface area contributed by atoms with Crippen molar-refractivity contribution in [2.75, 3.05) is 59.7 Å². The van der Waals surface area contributed by atoms with E-state index in [1.165, 1.54) is 0 Å². The minimum Gasteiger partial charge on any atom is -0.396 e. The van der Waals surface area contributed by atoms with Crippen molar-refractivity contribution in [3.63, 3.8) is 0 Å². The van der Waals surface area contributed by atoms with Gasteiger partial charge in [0, 0.05) is 51.6 Å². The van der Waals surface area contributed by atoms with Crippen molar-refractivity contribution in [3.8, 4) is 0 Å². The molecule has 0 amide bonds. The maximum absolute atomic E-state index is 11.5. The molecule has 42 heavy (non-hydrogen) atoms. The fraction of sp³-hybridized carbons (Fsp3) is 0.871. The largest absolute Gasteiger partial charge is 0.396 e. The first-order valence-corrected chi connectivity index (χ1v) is 24.2. The predicted octanol–water partition coefficient (Wildman–Crippen LogP) is 9.87. The second kappa shape index (κ2) is 24.8. The average molecular weight is 674 g/mol. The van der Waals surface area contributed by atoms with Crippen LogP contribution in [0.5, 0.6) is 0 Å². The molecule has 0 bridgehead atoms.